The third-order valence-electron chi connectivity index (χ3n) is 6.49. The number of benzene rings is 2. The number of ketones is 1. The fourth-order valence-corrected chi connectivity index (χ4v) is 5.33. The van der Waals surface area contributed by atoms with E-state index in [1.165, 1.54) is 11.3 Å². The normalized spacial score (nSPS) is 16.4. The number of nitrogens with one attached hydrogen (secondary N) is 3. The van der Waals surface area contributed by atoms with Gasteiger partial charge in [-0.05, 0) is 37.0 Å². The second kappa shape index (κ2) is 13.1. The molecule has 9 nitrogen and oxygen atoms in total. The van der Waals surface area contributed by atoms with Crippen molar-refractivity contribution >= 4 is 45.2 Å². The Labute approximate surface area is 225 Å². The Bertz CT molecular complexity index is 1250. The molecule has 2 aromatic carbocycles. The lowest BCUT2D eigenvalue weighted by molar-refractivity contribution is -0.125. The highest BCUT2D eigenvalue weighted by molar-refractivity contribution is 7.20. The lowest BCUT2D eigenvalue weighted by Gasteiger charge is -2.23. The van der Waals surface area contributed by atoms with Crippen molar-refractivity contribution in [1.29, 1.82) is 0 Å². The molecule has 0 radical (unpaired) electrons. The molecule has 3 N–H and O–H groups in total. The van der Waals surface area contributed by atoms with Crippen molar-refractivity contribution in [2.75, 3.05) is 6.54 Å². The van der Waals surface area contributed by atoms with Gasteiger partial charge in [-0.25, -0.2) is 9.78 Å². The van der Waals surface area contributed by atoms with Gasteiger partial charge in [-0.15, -0.1) is 11.3 Å². The summed E-state index contributed by atoms with van der Waals surface area (Å²) in [6.07, 6.45) is 1.93. The number of carbonyl (C=O) groups is 4. The van der Waals surface area contributed by atoms with Crippen LogP contribution in [0.3, 0.4) is 0 Å². The maximum atomic E-state index is 13.6. The van der Waals surface area contributed by atoms with E-state index in [4.69, 9.17) is 4.74 Å². The summed E-state index contributed by atoms with van der Waals surface area (Å²) in [4.78, 5) is 56.2. The first-order valence-electron chi connectivity index (χ1n) is 12.9. The molecule has 0 bridgehead atoms. The third kappa shape index (κ3) is 7.16. The van der Waals surface area contributed by atoms with Crippen molar-refractivity contribution in [3.05, 3.63) is 65.2 Å². The Hall–Kier alpha value is -3.79. The smallest absolute Gasteiger partial charge is 0.408 e. The van der Waals surface area contributed by atoms with Gasteiger partial charge in [0.2, 0.25) is 17.6 Å². The quantitative estimate of drug-likeness (QED) is 0.301. The van der Waals surface area contributed by atoms with Gasteiger partial charge in [0, 0.05) is 12.5 Å². The zero-order valence-corrected chi connectivity index (χ0v) is 22.1. The summed E-state index contributed by atoms with van der Waals surface area (Å²) in [5.41, 5.74) is 1.53. The minimum Gasteiger partial charge on any atom is -0.445 e. The van der Waals surface area contributed by atoms with Gasteiger partial charge in [0.1, 0.15) is 12.6 Å². The molecule has 0 saturated carbocycles. The number of fused-ring (bicyclic) bond motifs is 1. The minimum atomic E-state index is -0.955. The molecule has 1 fully saturated rings. The molecular formula is C28H32N4O5S. The van der Waals surface area contributed by atoms with E-state index in [-0.39, 0.29) is 29.7 Å². The van der Waals surface area contributed by atoms with Gasteiger partial charge in [-0.3, -0.25) is 14.4 Å². The maximum absolute atomic E-state index is 13.6. The molecule has 2 heterocycles. The first-order chi connectivity index (χ1) is 18.4. The van der Waals surface area contributed by atoms with E-state index in [9.17, 15) is 19.2 Å². The van der Waals surface area contributed by atoms with E-state index in [0.717, 1.165) is 16.7 Å². The van der Waals surface area contributed by atoms with Gasteiger partial charge in [0.15, 0.2) is 5.01 Å². The number of para-hydroxylation sites is 1. The molecule has 1 saturated heterocycles. The number of thiazole rings is 1. The fourth-order valence-electron chi connectivity index (χ4n) is 4.37. The van der Waals surface area contributed by atoms with Crippen molar-refractivity contribution in [3.63, 3.8) is 0 Å². The topological polar surface area (TPSA) is 126 Å². The first kappa shape index (κ1) is 27.3. The Balaban J connectivity index is 1.47. The van der Waals surface area contributed by atoms with Gasteiger partial charge < -0.3 is 20.7 Å². The highest BCUT2D eigenvalue weighted by atomic mass is 32.1. The van der Waals surface area contributed by atoms with Crippen LogP contribution in [-0.4, -0.2) is 47.3 Å². The average Bonchev–Trinajstić information content (AvgIpc) is 3.55. The van der Waals surface area contributed by atoms with Crippen LogP contribution in [0.2, 0.25) is 0 Å². The van der Waals surface area contributed by atoms with Crippen LogP contribution in [0.5, 0.6) is 0 Å². The van der Waals surface area contributed by atoms with E-state index < -0.39 is 30.0 Å². The lowest BCUT2D eigenvalue weighted by atomic mass is 9.95. The van der Waals surface area contributed by atoms with Gasteiger partial charge in [-0.1, -0.05) is 62.2 Å². The number of hydrogen-bond acceptors (Lipinski definition) is 7. The molecule has 38 heavy (non-hydrogen) atoms. The summed E-state index contributed by atoms with van der Waals surface area (Å²) in [5.74, 6) is -1.36. The van der Waals surface area contributed by atoms with E-state index in [1.54, 1.807) is 0 Å². The van der Waals surface area contributed by atoms with Crippen LogP contribution in [0.1, 0.15) is 54.4 Å². The van der Waals surface area contributed by atoms with E-state index in [1.807, 2.05) is 61.5 Å². The Kier molecular flexibility index (Phi) is 9.42. The maximum Gasteiger partial charge on any atom is 0.408 e. The number of carbonyl (C=O) groups excluding carboxylic acids is 4. The van der Waals surface area contributed by atoms with E-state index in [2.05, 4.69) is 20.9 Å². The Morgan fingerprint density at radius 2 is 1.84 bits per heavy atom. The zero-order valence-electron chi connectivity index (χ0n) is 21.3. The number of ether oxygens (including phenoxy) is 1. The standard InChI is InChI=1S/C28H32N4O5S/c1-2-3-11-21(32-28(36)37-17-18-9-5-4-6-10-18)26(35)30-22(16-19-14-15-29-25(19)34)24(33)27-31-20-12-7-8-13-23(20)38-27/h4-10,12-13,19,21-22H,2-3,11,14-17H2,1H3,(H,29,34)(H,30,35)(H,32,36)/t19-,21-,22-/m0/s1. The molecule has 0 unspecified atom stereocenters. The summed E-state index contributed by atoms with van der Waals surface area (Å²) in [6, 6.07) is 14.8. The molecule has 0 spiro atoms. The molecule has 3 amide bonds. The first-order valence-corrected chi connectivity index (χ1v) is 13.7. The van der Waals surface area contributed by atoms with Gasteiger partial charge in [-0.2, -0.15) is 0 Å². The number of rotatable bonds is 12. The van der Waals surface area contributed by atoms with Crippen molar-refractivity contribution < 1.29 is 23.9 Å². The van der Waals surface area contributed by atoms with Crippen LogP contribution in [0.4, 0.5) is 4.79 Å². The molecule has 3 atom stereocenters. The largest absolute Gasteiger partial charge is 0.445 e. The molecule has 10 heteroatoms. The van der Waals surface area contributed by atoms with Crippen LogP contribution >= 0.6 is 11.3 Å². The number of alkyl carbamates (subject to hydrolysis) is 1. The predicted molar refractivity (Wildman–Crippen MR) is 145 cm³/mol. The highest BCUT2D eigenvalue weighted by Gasteiger charge is 2.34. The monoisotopic (exact) mass is 536 g/mol. The zero-order chi connectivity index (χ0) is 26.9. The molecule has 4 rings (SSSR count). The van der Waals surface area contributed by atoms with Crippen LogP contribution in [0.15, 0.2) is 54.6 Å². The van der Waals surface area contributed by atoms with Gasteiger partial charge in [0.05, 0.1) is 16.3 Å². The second-order valence-electron chi connectivity index (χ2n) is 9.33. The highest BCUT2D eigenvalue weighted by Crippen LogP contribution is 2.25. The summed E-state index contributed by atoms with van der Waals surface area (Å²) in [6.45, 7) is 2.60. The van der Waals surface area contributed by atoms with E-state index in [0.29, 0.717) is 31.3 Å². The molecular weight excluding hydrogens is 504 g/mol. The summed E-state index contributed by atoms with van der Waals surface area (Å²) >= 11 is 1.25. The van der Waals surface area contributed by atoms with Gasteiger partial charge >= 0.3 is 6.09 Å². The molecule has 1 aromatic heterocycles. The summed E-state index contributed by atoms with van der Waals surface area (Å²) in [7, 11) is 0. The molecule has 1 aliphatic rings. The Morgan fingerprint density at radius 1 is 1.08 bits per heavy atom. The number of nitrogens with zero attached hydrogens (tertiary/aromatic N) is 1. The number of hydrogen-bond donors (Lipinski definition) is 3. The second-order valence-corrected chi connectivity index (χ2v) is 10.4. The SMILES string of the molecule is CCCC[C@H](NC(=O)OCc1ccccc1)C(=O)N[C@@H](C[C@@H]1CCNC1=O)C(=O)c1nc2ccccc2s1. The number of aromatic nitrogens is 1. The van der Waals surface area contributed by atoms with Crippen molar-refractivity contribution in [3.8, 4) is 0 Å². The van der Waals surface area contributed by atoms with Crippen LogP contribution in [-0.2, 0) is 20.9 Å². The number of amides is 3. The summed E-state index contributed by atoms with van der Waals surface area (Å²) < 4.78 is 6.17. The summed E-state index contributed by atoms with van der Waals surface area (Å²) in [5, 5.41) is 8.53. The van der Waals surface area contributed by atoms with E-state index >= 15 is 0 Å². The average molecular weight is 537 g/mol. The third-order valence-corrected chi connectivity index (χ3v) is 7.54. The molecule has 1 aliphatic heterocycles. The van der Waals surface area contributed by atoms with Gasteiger partial charge in [0.25, 0.3) is 0 Å². The number of Topliss-reactive ketones (excluding diaryl/α,β-unsaturated/α-hetero) is 1. The predicted octanol–water partition coefficient (Wildman–Crippen LogP) is 3.98. The Morgan fingerprint density at radius 3 is 2.55 bits per heavy atom. The van der Waals surface area contributed by atoms with Crippen LogP contribution in [0, 0.1) is 5.92 Å². The number of unbranched alkanes of at least 4 members (excludes halogenated alkanes) is 1. The van der Waals surface area contributed by atoms with Crippen LogP contribution < -0.4 is 16.0 Å². The molecule has 3 aromatic rings. The van der Waals surface area contributed by atoms with Crippen molar-refractivity contribution in [2.24, 2.45) is 5.92 Å². The molecule has 0 aliphatic carbocycles. The lowest BCUT2D eigenvalue weighted by Crippen LogP contribution is -2.52. The van der Waals surface area contributed by atoms with Crippen molar-refractivity contribution in [1.82, 2.24) is 20.9 Å². The van der Waals surface area contributed by atoms with Crippen LogP contribution in [0.25, 0.3) is 10.2 Å². The fraction of sp³-hybridized carbons (Fsp3) is 0.393. The van der Waals surface area contributed by atoms with Crippen molar-refractivity contribution in [2.45, 2.75) is 57.7 Å². The minimum absolute atomic E-state index is 0.0737. The molecule has 200 valence electrons.